The van der Waals surface area contributed by atoms with Crippen LogP contribution in [0.25, 0.3) is 0 Å². The van der Waals surface area contributed by atoms with Gasteiger partial charge in [-0.25, -0.2) is 9.59 Å². The van der Waals surface area contributed by atoms with Gasteiger partial charge in [-0.3, -0.25) is 0 Å². The number of hydrogen-bond acceptors (Lipinski definition) is 8. The van der Waals surface area contributed by atoms with Gasteiger partial charge in [0.2, 0.25) is 0 Å². The van der Waals surface area contributed by atoms with Gasteiger partial charge in [0.05, 0.1) is 11.1 Å². The Morgan fingerprint density at radius 3 is 1.55 bits per heavy atom. The van der Waals surface area contributed by atoms with Gasteiger partial charge >= 0.3 is 11.9 Å². The minimum Gasteiger partial charge on any atom is -0.453 e. The normalized spacial score (nSPS) is 34.6. The van der Waals surface area contributed by atoms with Gasteiger partial charge in [0, 0.05) is 0 Å². The average molecular weight is 398 g/mol. The molecule has 3 saturated heterocycles. The van der Waals surface area contributed by atoms with Crippen LogP contribution in [-0.4, -0.2) is 60.1 Å². The Balaban J connectivity index is 1.38. The lowest BCUT2D eigenvalue weighted by molar-refractivity contribution is -0.479. The van der Waals surface area contributed by atoms with Crippen molar-refractivity contribution in [2.24, 2.45) is 0 Å². The van der Waals surface area contributed by atoms with Crippen LogP contribution in [-0.2, 0) is 23.7 Å². The van der Waals surface area contributed by atoms with Crippen molar-refractivity contribution in [1.29, 1.82) is 0 Å². The SMILES string of the molecule is O=C(O[C@@H]1C2OC3O[C@@H]1C(O)[C@H](O3)[C@H]2OC(=O)c1ccccc1)c1ccccc1. The van der Waals surface area contributed by atoms with Gasteiger partial charge in [-0.15, -0.1) is 0 Å². The van der Waals surface area contributed by atoms with E-state index in [0.717, 1.165) is 0 Å². The fourth-order valence-corrected chi connectivity index (χ4v) is 3.89. The third-order valence-corrected chi connectivity index (χ3v) is 5.28. The Morgan fingerprint density at radius 2 is 1.10 bits per heavy atom. The summed E-state index contributed by atoms with van der Waals surface area (Å²) in [6.07, 6.45) is -5.55. The third kappa shape index (κ3) is 3.20. The molecule has 2 aromatic rings. The molecule has 8 heteroatoms. The molecule has 0 spiro atoms. The van der Waals surface area contributed by atoms with Crippen molar-refractivity contribution in [1.82, 2.24) is 0 Å². The van der Waals surface area contributed by atoms with Crippen LogP contribution in [0.2, 0.25) is 0 Å². The molecule has 3 unspecified atom stereocenters. The molecule has 4 fully saturated rings. The summed E-state index contributed by atoms with van der Waals surface area (Å²) >= 11 is 0. The van der Waals surface area contributed by atoms with Gasteiger partial charge in [0.1, 0.15) is 24.4 Å². The van der Waals surface area contributed by atoms with Crippen molar-refractivity contribution < 1.29 is 38.4 Å². The lowest BCUT2D eigenvalue weighted by Crippen LogP contribution is -2.76. The first-order valence-electron chi connectivity index (χ1n) is 9.28. The highest BCUT2D eigenvalue weighted by Gasteiger charge is 2.64. The number of aliphatic hydroxyl groups is 1. The predicted molar refractivity (Wildman–Crippen MR) is 95.7 cm³/mol. The summed E-state index contributed by atoms with van der Waals surface area (Å²) in [7, 11) is 0. The first kappa shape index (κ1) is 18.3. The molecule has 6 rings (SSSR count). The average Bonchev–Trinajstić information content (AvgIpc) is 2.76. The molecule has 8 nitrogen and oxygen atoms in total. The van der Waals surface area contributed by atoms with Gasteiger partial charge in [0.25, 0.3) is 6.48 Å². The standard InChI is InChI=1S/C21H18O8/c22-13-14-16(25-19(23)11-7-3-1-4-8-11)18-17(15(13)28-21(27-14)29-18)26-20(24)12-9-5-2-6-10-12/h1-10,13-18,21-22H/t13?,14-,15+,16+,17-,18?,21?. The number of carbonyl (C=O) groups is 2. The van der Waals surface area contributed by atoms with Gasteiger partial charge in [-0.1, -0.05) is 36.4 Å². The smallest absolute Gasteiger partial charge is 0.338 e. The molecule has 0 radical (unpaired) electrons. The summed E-state index contributed by atoms with van der Waals surface area (Å²) in [4.78, 5) is 25.1. The second kappa shape index (κ2) is 7.23. The summed E-state index contributed by atoms with van der Waals surface area (Å²) in [5.41, 5.74) is 0.703. The van der Waals surface area contributed by atoms with E-state index in [1.165, 1.54) is 0 Å². The summed E-state index contributed by atoms with van der Waals surface area (Å²) < 4.78 is 27.9. The Bertz CT molecular complexity index is 830. The van der Waals surface area contributed by atoms with Crippen molar-refractivity contribution in [2.45, 2.75) is 43.1 Å². The molecule has 4 aliphatic rings. The molecule has 1 N–H and O–H groups in total. The minimum atomic E-state index is -1.14. The number of ether oxygens (including phenoxy) is 5. The highest BCUT2D eigenvalue weighted by atomic mass is 16.9. The second-order valence-corrected chi connectivity index (χ2v) is 7.05. The van der Waals surface area contributed by atoms with Crippen LogP contribution in [0.4, 0.5) is 0 Å². The predicted octanol–water partition coefficient (Wildman–Crippen LogP) is 1.28. The molecule has 3 heterocycles. The van der Waals surface area contributed by atoms with Crippen molar-refractivity contribution >= 4 is 11.9 Å². The van der Waals surface area contributed by atoms with E-state index in [1.807, 2.05) is 0 Å². The molecular weight excluding hydrogens is 380 g/mol. The highest BCUT2D eigenvalue weighted by molar-refractivity contribution is 5.90. The van der Waals surface area contributed by atoms with Crippen LogP contribution in [0.1, 0.15) is 20.7 Å². The first-order chi connectivity index (χ1) is 14.1. The molecule has 0 amide bonds. The van der Waals surface area contributed by atoms with Gasteiger partial charge in [0.15, 0.2) is 12.2 Å². The van der Waals surface area contributed by atoms with E-state index in [0.29, 0.717) is 11.1 Å². The number of hydrogen-bond donors (Lipinski definition) is 1. The first-order valence-corrected chi connectivity index (χ1v) is 9.28. The largest absolute Gasteiger partial charge is 0.453 e. The van der Waals surface area contributed by atoms with E-state index in [1.54, 1.807) is 60.7 Å². The number of rotatable bonds is 4. The Hall–Kier alpha value is -2.78. The lowest BCUT2D eigenvalue weighted by Gasteiger charge is -2.56. The van der Waals surface area contributed by atoms with E-state index in [9.17, 15) is 14.7 Å². The van der Waals surface area contributed by atoms with Crippen LogP contribution in [0.15, 0.2) is 60.7 Å². The summed E-state index contributed by atoms with van der Waals surface area (Å²) in [5, 5.41) is 10.6. The number of carbonyl (C=O) groups excluding carboxylic acids is 2. The zero-order valence-electron chi connectivity index (χ0n) is 15.1. The van der Waals surface area contributed by atoms with E-state index < -0.39 is 55.0 Å². The van der Waals surface area contributed by atoms with Crippen molar-refractivity contribution in [3.63, 3.8) is 0 Å². The maximum atomic E-state index is 12.5. The molecule has 0 aromatic heterocycles. The zero-order valence-corrected chi connectivity index (χ0v) is 15.1. The van der Waals surface area contributed by atoms with Crippen LogP contribution < -0.4 is 0 Å². The summed E-state index contributed by atoms with van der Waals surface area (Å²) in [6.45, 7) is -1.00. The molecule has 7 atom stereocenters. The molecule has 1 aliphatic carbocycles. The molecule has 150 valence electrons. The fourth-order valence-electron chi connectivity index (χ4n) is 3.89. The van der Waals surface area contributed by atoms with Gasteiger partial charge < -0.3 is 28.8 Å². The Labute approximate surface area is 165 Å². The van der Waals surface area contributed by atoms with E-state index in [2.05, 4.69) is 0 Å². The monoisotopic (exact) mass is 398 g/mol. The fraction of sp³-hybridized carbons (Fsp3) is 0.333. The maximum absolute atomic E-state index is 12.5. The van der Waals surface area contributed by atoms with Crippen molar-refractivity contribution in [2.75, 3.05) is 0 Å². The van der Waals surface area contributed by atoms with Gasteiger partial charge in [-0.05, 0) is 24.3 Å². The van der Waals surface area contributed by atoms with Crippen LogP contribution in [0.5, 0.6) is 0 Å². The van der Waals surface area contributed by atoms with Crippen molar-refractivity contribution in [3.05, 3.63) is 71.8 Å². The topological polar surface area (TPSA) is 101 Å². The molecular formula is C21H18O8. The minimum absolute atomic E-state index is 0.352. The van der Waals surface area contributed by atoms with Crippen LogP contribution in [0.3, 0.4) is 0 Å². The molecule has 29 heavy (non-hydrogen) atoms. The maximum Gasteiger partial charge on any atom is 0.338 e. The van der Waals surface area contributed by atoms with Crippen LogP contribution >= 0.6 is 0 Å². The number of benzene rings is 2. The number of esters is 2. The molecule has 1 saturated carbocycles. The Kier molecular flexibility index (Phi) is 4.56. The molecule has 2 aromatic carbocycles. The van der Waals surface area contributed by atoms with E-state index >= 15 is 0 Å². The molecule has 3 aliphatic heterocycles. The van der Waals surface area contributed by atoms with E-state index in [4.69, 9.17) is 23.7 Å². The van der Waals surface area contributed by atoms with Gasteiger partial charge in [-0.2, -0.15) is 0 Å². The molecule has 4 bridgehead atoms. The lowest BCUT2D eigenvalue weighted by atomic mass is 9.82. The third-order valence-electron chi connectivity index (χ3n) is 5.28. The Morgan fingerprint density at radius 1 is 0.690 bits per heavy atom. The van der Waals surface area contributed by atoms with E-state index in [-0.39, 0.29) is 0 Å². The summed E-state index contributed by atoms with van der Waals surface area (Å²) in [5.74, 6) is -1.17. The van der Waals surface area contributed by atoms with Crippen molar-refractivity contribution in [3.8, 4) is 0 Å². The van der Waals surface area contributed by atoms with Crippen LogP contribution in [0, 0.1) is 0 Å². The number of aliphatic hydroxyl groups excluding tert-OH is 1. The summed E-state index contributed by atoms with van der Waals surface area (Å²) in [6, 6.07) is 16.9. The zero-order chi connectivity index (χ0) is 20.0. The highest BCUT2D eigenvalue weighted by Crippen LogP contribution is 2.42. The quantitative estimate of drug-likeness (QED) is 0.769. The second-order valence-electron chi connectivity index (χ2n) is 7.05.